The summed E-state index contributed by atoms with van der Waals surface area (Å²) in [4.78, 5) is 25.1. The fourth-order valence-electron chi connectivity index (χ4n) is 3.12. The summed E-state index contributed by atoms with van der Waals surface area (Å²) in [6, 6.07) is 13.1. The predicted octanol–water partition coefficient (Wildman–Crippen LogP) is 3.00. The molecule has 4 rings (SSSR count). The third kappa shape index (κ3) is 3.98. The number of hydrogen-bond acceptors (Lipinski definition) is 4. The van der Waals surface area contributed by atoms with E-state index in [1.807, 2.05) is 53.2 Å². The molecule has 2 aromatic carbocycles. The number of rotatable bonds is 6. The Morgan fingerprint density at radius 2 is 1.97 bits per heavy atom. The number of nitrogens with zero attached hydrogens (tertiary/aromatic N) is 2. The van der Waals surface area contributed by atoms with Gasteiger partial charge in [-0.05, 0) is 35.9 Å². The Balaban J connectivity index is 1.67. The van der Waals surface area contributed by atoms with Crippen molar-refractivity contribution in [2.75, 3.05) is 0 Å². The number of H-pyrrole nitrogens is 1. The lowest BCUT2D eigenvalue weighted by Gasteiger charge is -2.08. The average Bonchev–Trinajstić information content (AvgIpc) is 3.20. The number of ether oxygens (including phenoxy) is 1. The van der Waals surface area contributed by atoms with Crippen LogP contribution in [0.3, 0.4) is 0 Å². The quantitative estimate of drug-likeness (QED) is 0.496. The SMILES string of the molecule is C#CCn1cc(Cn2oc(=O)[nH]c2=O)c2cc(OCc3ccc(Cl)cc3)ccc21. The molecule has 2 heterocycles. The van der Waals surface area contributed by atoms with Crippen LogP contribution in [0.5, 0.6) is 5.75 Å². The molecule has 0 saturated carbocycles. The molecule has 0 radical (unpaired) electrons. The van der Waals surface area contributed by atoms with Gasteiger partial charge in [0.15, 0.2) is 0 Å². The van der Waals surface area contributed by atoms with Gasteiger partial charge >= 0.3 is 11.4 Å². The molecule has 1 N–H and O–H groups in total. The molecule has 4 aromatic rings. The number of aromatic nitrogens is 3. The van der Waals surface area contributed by atoms with Crippen LogP contribution in [0.25, 0.3) is 10.9 Å². The smallest absolute Gasteiger partial charge is 0.440 e. The van der Waals surface area contributed by atoms with Crippen LogP contribution in [0.4, 0.5) is 0 Å². The van der Waals surface area contributed by atoms with Gasteiger partial charge in [-0.15, -0.1) is 11.2 Å². The highest BCUT2D eigenvalue weighted by Crippen LogP contribution is 2.27. The van der Waals surface area contributed by atoms with E-state index in [2.05, 4.69) is 10.9 Å². The van der Waals surface area contributed by atoms with Crippen molar-refractivity contribution in [2.45, 2.75) is 19.7 Å². The van der Waals surface area contributed by atoms with Crippen LogP contribution in [0.2, 0.25) is 5.02 Å². The first-order chi connectivity index (χ1) is 14.0. The van der Waals surface area contributed by atoms with Crippen LogP contribution < -0.4 is 16.2 Å². The van der Waals surface area contributed by atoms with E-state index in [0.717, 1.165) is 26.8 Å². The molecule has 7 nitrogen and oxygen atoms in total. The summed E-state index contributed by atoms with van der Waals surface area (Å²) in [6.45, 7) is 0.842. The van der Waals surface area contributed by atoms with Gasteiger partial charge in [0.25, 0.3) is 0 Å². The number of hydrogen-bond donors (Lipinski definition) is 1. The van der Waals surface area contributed by atoms with Gasteiger partial charge in [-0.25, -0.2) is 14.6 Å². The molecule has 0 unspecified atom stereocenters. The normalized spacial score (nSPS) is 10.9. The van der Waals surface area contributed by atoms with E-state index in [-0.39, 0.29) is 6.54 Å². The largest absolute Gasteiger partial charge is 0.489 e. The number of aromatic amines is 1. The molecule has 0 bridgehead atoms. The van der Waals surface area contributed by atoms with E-state index in [1.54, 1.807) is 0 Å². The van der Waals surface area contributed by atoms with Crippen molar-refractivity contribution in [3.8, 4) is 18.1 Å². The van der Waals surface area contributed by atoms with Crippen molar-refractivity contribution in [2.24, 2.45) is 0 Å². The monoisotopic (exact) mass is 409 g/mol. The van der Waals surface area contributed by atoms with E-state index < -0.39 is 11.4 Å². The lowest BCUT2D eigenvalue weighted by atomic mass is 10.1. The van der Waals surface area contributed by atoms with Crippen molar-refractivity contribution >= 4 is 22.5 Å². The first-order valence-electron chi connectivity index (χ1n) is 8.76. The standard InChI is InChI=1S/C21H16ClN3O4/c1-2-9-24-11-15(12-25-20(26)23-21(27)29-25)18-10-17(7-8-19(18)24)28-13-14-3-5-16(22)6-4-14/h1,3-8,10-11H,9,12-13H2,(H,23,26,27). The number of benzene rings is 2. The van der Waals surface area contributed by atoms with Crippen LogP contribution >= 0.6 is 11.6 Å². The summed E-state index contributed by atoms with van der Waals surface area (Å²) in [5.74, 6) is 2.47. The summed E-state index contributed by atoms with van der Waals surface area (Å²) in [5, 5.41) is 1.52. The highest BCUT2D eigenvalue weighted by atomic mass is 35.5. The Kier molecular flexibility index (Phi) is 5.02. The second-order valence-electron chi connectivity index (χ2n) is 6.43. The third-order valence-corrected chi connectivity index (χ3v) is 4.71. The van der Waals surface area contributed by atoms with Crippen molar-refractivity contribution in [3.05, 3.63) is 85.8 Å². The Morgan fingerprint density at radius 1 is 1.17 bits per heavy atom. The van der Waals surface area contributed by atoms with Gasteiger partial charge < -0.3 is 13.8 Å². The van der Waals surface area contributed by atoms with Gasteiger partial charge in [0, 0.05) is 27.7 Å². The fourth-order valence-corrected chi connectivity index (χ4v) is 3.24. The van der Waals surface area contributed by atoms with E-state index in [1.165, 1.54) is 0 Å². The molecule has 0 atom stereocenters. The summed E-state index contributed by atoms with van der Waals surface area (Å²) in [7, 11) is 0. The zero-order chi connectivity index (χ0) is 20.4. The Labute approximate surface area is 170 Å². The van der Waals surface area contributed by atoms with Gasteiger partial charge in [0.05, 0.1) is 13.1 Å². The highest BCUT2D eigenvalue weighted by molar-refractivity contribution is 6.30. The molecule has 0 aliphatic rings. The minimum absolute atomic E-state index is 0.0896. The molecular weight excluding hydrogens is 394 g/mol. The van der Waals surface area contributed by atoms with Crippen LogP contribution in [0, 0.1) is 12.3 Å². The molecule has 146 valence electrons. The number of nitrogens with one attached hydrogen (secondary N) is 1. The minimum atomic E-state index is -0.797. The first kappa shape index (κ1) is 18.7. The first-order valence-corrected chi connectivity index (χ1v) is 9.14. The molecule has 0 aliphatic carbocycles. The summed E-state index contributed by atoms with van der Waals surface area (Å²) < 4.78 is 13.6. The molecule has 29 heavy (non-hydrogen) atoms. The summed E-state index contributed by atoms with van der Waals surface area (Å²) in [5.41, 5.74) is 2.04. The Bertz CT molecular complexity index is 1320. The maximum absolute atomic E-state index is 11.8. The van der Waals surface area contributed by atoms with Crippen molar-refractivity contribution in [3.63, 3.8) is 0 Å². The molecular formula is C21H16ClN3O4. The maximum atomic E-state index is 11.8. The van der Waals surface area contributed by atoms with E-state index >= 15 is 0 Å². The van der Waals surface area contributed by atoms with Gasteiger partial charge in [0.2, 0.25) is 0 Å². The van der Waals surface area contributed by atoms with Gasteiger partial charge in [-0.3, -0.25) is 0 Å². The van der Waals surface area contributed by atoms with E-state index in [9.17, 15) is 9.59 Å². The lowest BCUT2D eigenvalue weighted by Crippen LogP contribution is -2.17. The van der Waals surface area contributed by atoms with Crippen LogP contribution in [0.1, 0.15) is 11.1 Å². The molecule has 0 saturated heterocycles. The summed E-state index contributed by atoms with van der Waals surface area (Å²) >= 11 is 5.91. The molecule has 0 aliphatic heterocycles. The van der Waals surface area contributed by atoms with E-state index in [0.29, 0.717) is 23.9 Å². The molecule has 0 amide bonds. The predicted molar refractivity (Wildman–Crippen MR) is 109 cm³/mol. The number of halogens is 1. The van der Waals surface area contributed by atoms with Crippen molar-refractivity contribution < 1.29 is 9.26 Å². The molecule has 0 spiro atoms. The number of terminal acetylenes is 1. The third-order valence-electron chi connectivity index (χ3n) is 4.46. The zero-order valence-electron chi connectivity index (χ0n) is 15.2. The Morgan fingerprint density at radius 3 is 2.66 bits per heavy atom. The van der Waals surface area contributed by atoms with Crippen molar-refractivity contribution in [1.29, 1.82) is 0 Å². The number of fused-ring (bicyclic) bond motifs is 1. The summed E-state index contributed by atoms with van der Waals surface area (Å²) in [6.07, 6.45) is 7.31. The fraction of sp³-hybridized carbons (Fsp3) is 0.143. The molecule has 8 heteroatoms. The van der Waals surface area contributed by atoms with Crippen LogP contribution in [-0.2, 0) is 19.7 Å². The topological polar surface area (TPSA) is 82.2 Å². The average molecular weight is 410 g/mol. The minimum Gasteiger partial charge on any atom is -0.489 e. The second kappa shape index (κ2) is 7.78. The lowest BCUT2D eigenvalue weighted by molar-refractivity contribution is 0.258. The van der Waals surface area contributed by atoms with E-state index in [4.69, 9.17) is 27.3 Å². The Hall–Kier alpha value is -3.63. The van der Waals surface area contributed by atoms with Crippen LogP contribution in [0.15, 0.2) is 62.8 Å². The van der Waals surface area contributed by atoms with Crippen LogP contribution in [-0.4, -0.2) is 14.3 Å². The van der Waals surface area contributed by atoms with Gasteiger partial charge in [-0.2, -0.15) is 0 Å². The van der Waals surface area contributed by atoms with Crippen molar-refractivity contribution in [1.82, 2.24) is 14.3 Å². The van der Waals surface area contributed by atoms with Gasteiger partial charge in [-0.1, -0.05) is 29.7 Å². The maximum Gasteiger partial charge on any atom is 0.440 e. The second-order valence-corrected chi connectivity index (χ2v) is 6.86. The van der Waals surface area contributed by atoms with Gasteiger partial charge in [0.1, 0.15) is 12.4 Å². The molecule has 0 fully saturated rings. The highest BCUT2D eigenvalue weighted by Gasteiger charge is 2.13. The molecule has 2 aromatic heterocycles. The zero-order valence-corrected chi connectivity index (χ0v) is 16.0.